The number of nitrogens with one attached hydrogen (secondary N) is 2. The predicted octanol–water partition coefficient (Wildman–Crippen LogP) is 5.06. The lowest BCUT2D eigenvalue weighted by Gasteiger charge is -2.40. The minimum Gasteiger partial charge on any atom is -0.371 e. The zero-order chi connectivity index (χ0) is 24.8. The highest BCUT2D eigenvalue weighted by Gasteiger charge is 2.37. The molecule has 2 aliphatic rings. The Kier molecular flexibility index (Phi) is 6.09. The first-order valence-electron chi connectivity index (χ1n) is 12.1. The second kappa shape index (κ2) is 8.95. The van der Waals surface area contributed by atoms with Crippen molar-refractivity contribution in [3.05, 3.63) is 58.8 Å². The molecule has 2 aliphatic heterocycles. The van der Waals surface area contributed by atoms with E-state index in [1.54, 1.807) is 6.07 Å². The van der Waals surface area contributed by atoms with Crippen LogP contribution in [0, 0.1) is 13.8 Å². The summed E-state index contributed by atoms with van der Waals surface area (Å²) < 4.78 is 40.2. The zero-order valence-corrected chi connectivity index (χ0v) is 20.0. The molecule has 5 rings (SSSR count). The molecule has 1 atom stereocenters. The van der Waals surface area contributed by atoms with Crippen LogP contribution in [0.25, 0.3) is 10.8 Å². The Balaban J connectivity index is 1.43. The first kappa shape index (κ1) is 23.8. The number of piperidine rings is 1. The maximum Gasteiger partial charge on any atom is 0.416 e. The van der Waals surface area contributed by atoms with Gasteiger partial charge in [0.15, 0.2) is 5.82 Å². The normalized spacial score (nSPS) is 18.9. The van der Waals surface area contributed by atoms with Crippen molar-refractivity contribution in [1.29, 1.82) is 0 Å². The molecule has 0 amide bonds. The number of hydrogen-bond acceptors (Lipinski definition) is 6. The molecule has 0 bridgehead atoms. The average molecular weight is 485 g/mol. The fourth-order valence-corrected chi connectivity index (χ4v) is 5.59. The summed E-state index contributed by atoms with van der Waals surface area (Å²) in [4.78, 5) is 2.39. The third-order valence-electron chi connectivity index (χ3n) is 7.67. The maximum atomic E-state index is 13.4. The molecular formula is C26H31F3N6. The van der Waals surface area contributed by atoms with Crippen molar-refractivity contribution >= 4 is 22.3 Å². The highest BCUT2D eigenvalue weighted by Crippen LogP contribution is 2.37. The van der Waals surface area contributed by atoms with Gasteiger partial charge in [-0.05, 0) is 75.4 Å². The molecule has 3 aromatic rings. The van der Waals surface area contributed by atoms with E-state index in [-0.39, 0.29) is 11.1 Å². The van der Waals surface area contributed by atoms with E-state index in [0.29, 0.717) is 11.4 Å². The topological polar surface area (TPSA) is 79.1 Å². The first-order chi connectivity index (χ1) is 16.7. The molecule has 35 heavy (non-hydrogen) atoms. The number of nitrogens with two attached hydrogens (primary N) is 1. The van der Waals surface area contributed by atoms with Gasteiger partial charge < -0.3 is 21.3 Å². The van der Waals surface area contributed by atoms with E-state index in [4.69, 9.17) is 5.73 Å². The lowest BCUT2D eigenvalue weighted by molar-refractivity contribution is -0.138. The highest BCUT2D eigenvalue weighted by molar-refractivity contribution is 5.95. The summed E-state index contributed by atoms with van der Waals surface area (Å²) in [6.07, 6.45) is -0.591. The monoisotopic (exact) mass is 484 g/mol. The molecule has 9 heteroatoms. The molecule has 2 aromatic carbocycles. The average Bonchev–Trinajstić information content (AvgIpc) is 3.28. The fraction of sp³-hybridized carbons (Fsp3) is 0.462. The molecule has 1 aromatic heterocycles. The van der Waals surface area contributed by atoms with Crippen LogP contribution in [0.1, 0.15) is 54.2 Å². The second-order valence-electron chi connectivity index (χ2n) is 9.80. The number of benzene rings is 2. The number of halogens is 3. The van der Waals surface area contributed by atoms with Gasteiger partial charge in [-0.2, -0.15) is 18.3 Å². The summed E-state index contributed by atoms with van der Waals surface area (Å²) in [6, 6.07) is 10.3. The molecule has 186 valence electrons. The van der Waals surface area contributed by atoms with Gasteiger partial charge in [-0.25, -0.2) is 0 Å². The SMILES string of the molecule is Cc1c([C@@H](N)Nc2nnc(C)c3ccc(N4CCC5(CCCN5)CC4)cc23)cccc1C(F)(F)F. The lowest BCUT2D eigenvalue weighted by atomic mass is 9.86. The Morgan fingerprint density at radius 1 is 1.06 bits per heavy atom. The van der Waals surface area contributed by atoms with Gasteiger partial charge in [-0.15, -0.1) is 5.10 Å². The lowest BCUT2D eigenvalue weighted by Crippen LogP contribution is -2.50. The smallest absolute Gasteiger partial charge is 0.371 e. The Morgan fingerprint density at radius 2 is 1.83 bits per heavy atom. The van der Waals surface area contributed by atoms with Crippen LogP contribution in [0.3, 0.4) is 0 Å². The Labute approximate surface area is 203 Å². The van der Waals surface area contributed by atoms with Gasteiger partial charge in [0.05, 0.1) is 11.3 Å². The third kappa shape index (κ3) is 4.54. The van der Waals surface area contributed by atoms with Crippen LogP contribution in [0.4, 0.5) is 24.7 Å². The second-order valence-corrected chi connectivity index (χ2v) is 9.80. The molecule has 2 saturated heterocycles. The third-order valence-corrected chi connectivity index (χ3v) is 7.67. The van der Waals surface area contributed by atoms with Crippen LogP contribution in [0.5, 0.6) is 0 Å². The number of aromatic nitrogens is 2. The zero-order valence-electron chi connectivity index (χ0n) is 20.0. The summed E-state index contributed by atoms with van der Waals surface area (Å²) in [6.45, 7) is 6.39. The van der Waals surface area contributed by atoms with Crippen LogP contribution in [0.15, 0.2) is 36.4 Å². The number of anilines is 2. The van der Waals surface area contributed by atoms with Gasteiger partial charge in [0, 0.05) is 35.1 Å². The molecular weight excluding hydrogens is 453 g/mol. The van der Waals surface area contributed by atoms with Crippen molar-refractivity contribution in [3.8, 4) is 0 Å². The molecule has 1 spiro atoms. The number of nitrogens with zero attached hydrogens (tertiary/aromatic N) is 3. The molecule has 6 nitrogen and oxygen atoms in total. The van der Waals surface area contributed by atoms with Crippen molar-refractivity contribution in [1.82, 2.24) is 15.5 Å². The minimum atomic E-state index is -4.44. The number of alkyl halides is 3. The first-order valence-corrected chi connectivity index (χ1v) is 12.1. The van der Waals surface area contributed by atoms with Crippen LogP contribution in [-0.2, 0) is 6.18 Å². The van der Waals surface area contributed by atoms with Crippen LogP contribution in [-0.4, -0.2) is 35.4 Å². The van der Waals surface area contributed by atoms with E-state index >= 15 is 0 Å². The summed E-state index contributed by atoms with van der Waals surface area (Å²) in [7, 11) is 0. The van der Waals surface area contributed by atoms with Crippen LogP contribution < -0.4 is 21.3 Å². The Bertz CT molecular complexity index is 1230. The Hall–Kier alpha value is -2.91. The van der Waals surface area contributed by atoms with E-state index in [1.165, 1.54) is 25.8 Å². The maximum absolute atomic E-state index is 13.4. The molecule has 0 unspecified atom stereocenters. The summed E-state index contributed by atoms with van der Waals surface area (Å²) in [5, 5.41) is 17.2. The molecule has 2 fully saturated rings. The fourth-order valence-electron chi connectivity index (χ4n) is 5.59. The van der Waals surface area contributed by atoms with Gasteiger partial charge in [0.1, 0.15) is 6.17 Å². The van der Waals surface area contributed by atoms with Gasteiger partial charge in [0.2, 0.25) is 0 Å². The van der Waals surface area contributed by atoms with E-state index in [9.17, 15) is 13.2 Å². The highest BCUT2D eigenvalue weighted by atomic mass is 19.4. The van der Waals surface area contributed by atoms with Crippen molar-refractivity contribution in [2.75, 3.05) is 29.9 Å². The van der Waals surface area contributed by atoms with Crippen LogP contribution in [0.2, 0.25) is 0 Å². The molecule has 0 aliphatic carbocycles. The van der Waals surface area contributed by atoms with Crippen LogP contribution >= 0.6 is 0 Å². The van der Waals surface area contributed by atoms with E-state index < -0.39 is 17.9 Å². The number of hydrogen-bond donors (Lipinski definition) is 3. The standard InChI is InChI=1S/C26H31F3N6/c1-16-19(5-3-6-22(16)26(27,28)29)23(30)32-24-21-15-18(7-8-20(21)17(2)33-34-24)35-13-10-25(11-14-35)9-4-12-31-25/h3,5-8,15,23,31H,4,9-14,30H2,1-2H3,(H,32,34)/t23-/m0/s1. The van der Waals surface area contributed by atoms with E-state index in [0.717, 1.165) is 60.7 Å². The molecule has 0 saturated carbocycles. The predicted molar refractivity (Wildman–Crippen MR) is 132 cm³/mol. The largest absolute Gasteiger partial charge is 0.416 e. The molecule has 3 heterocycles. The van der Waals surface area contributed by atoms with Gasteiger partial charge in [-0.1, -0.05) is 18.2 Å². The number of rotatable bonds is 4. The molecule has 4 N–H and O–H groups in total. The number of fused-ring (bicyclic) bond motifs is 1. The quantitative estimate of drug-likeness (QED) is 0.450. The summed E-state index contributed by atoms with van der Waals surface area (Å²) >= 11 is 0. The molecule has 0 radical (unpaired) electrons. The summed E-state index contributed by atoms with van der Waals surface area (Å²) in [5.74, 6) is 0.461. The van der Waals surface area contributed by atoms with Gasteiger partial charge >= 0.3 is 6.18 Å². The van der Waals surface area contributed by atoms with Gasteiger partial charge in [-0.3, -0.25) is 0 Å². The van der Waals surface area contributed by atoms with Crippen molar-refractivity contribution < 1.29 is 13.2 Å². The van der Waals surface area contributed by atoms with E-state index in [2.05, 4.69) is 37.9 Å². The van der Waals surface area contributed by atoms with Crippen molar-refractivity contribution in [2.45, 2.75) is 57.4 Å². The Morgan fingerprint density at radius 3 is 2.51 bits per heavy atom. The van der Waals surface area contributed by atoms with Crippen molar-refractivity contribution in [3.63, 3.8) is 0 Å². The van der Waals surface area contributed by atoms with Crippen molar-refractivity contribution in [2.24, 2.45) is 5.73 Å². The number of aryl methyl sites for hydroxylation is 1. The van der Waals surface area contributed by atoms with Gasteiger partial charge in [0.25, 0.3) is 0 Å². The van der Waals surface area contributed by atoms with E-state index in [1.807, 2.05) is 13.0 Å². The minimum absolute atomic E-state index is 0.104. The summed E-state index contributed by atoms with van der Waals surface area (Å²) in [5.41, 5.74) is 8.32.